The van der Waals surface area contributed by atoms with Gasteiger partial charge in [0, 0.05) is 65.1 Å². The van der Waals surface area contributed by atoms with E-state index >= 15 is 4.39 Å². The summed E-state index contributed by atoms with van der Waals surface area (Å²) in [6.07, 6.45) is 2.52. The van der Waals surface area contributed by atoms with Crippen LogP contribution in [0.2, 0.25) is 0 Å². The summed E-state index contributed by atoms with van der Waals surface area (Å²) in [6.45, 7) is 1.08. The highest BCUT2D eigenvalue weighted by molar-refractivity contribution is 6.38. The molecule has 5 aromatic rings. The van der Waals surface area contributed by atoms with Gasteiger partial charge < -0.3 is 59.0 Å². The number of rotatable bonds is 11. The van der Waals surface area contributed by atoms with E-state index in [1.54, 1.807) is 91.0 Å². The number of aromatic hydroxyl groups is 1. The van der Waals surface area contributed by atoms with Crippen molar-refractivity contribution in [3.63, 3.8) is 0 Å². The number of phenolic OH excluding ortho intramolecular Hbond substituents is 1. The van der Waals surface area contributed by atoms with Crippen molar-refractivity contribution in [3.05, 3.63) is 167 Å². The van der Waals surface area contributed by atoms with Gasteiger partial charge in [-0.05, 0) is 105 Å². The summed E-state index contributed by atoms with van der Waals surface area (Å²) in [6, 6.07) is 27.9. The number of ether oxygens (including phenoxy) is 5. The predicted molar refractivity (Wildman–Crippen MR) is 329 cm³/mol. The van der Waals surface area contributed by atoms with E-state index in [0.717, 1.165) is 26.3 Å². The zero-order valence-electron chi connectivity index (χ0n) is 51.8. The molecule has 2 heterocycles. The fourth-order valence-electron chi connectivity index (χ4n) is 10.6. The molecule has 5 atom stereocenters. The molecule has 3 N–H and O–H groups in total. The van der Waals surface area contributed by atoms with E-state index in [1.165, 1.54) is 90.5 Å². The Morgan fingerprint density at radius 2 is 1.30 bits per heavy atom. The Hall–Kier alpha value is -9.60. The number of phenols is 1. The number of hydrogen-bond donors (Lipinski definition) is 3. The van der Waals surface area contributed by atoms with Gasteiger partial charge in [-0.2, -0.15) is 0 Å². The van der Waals surface area contributed by atoms with Crippen LogP contribution in [-0.2, 0) is 78.3 Å². The molecule has 7 rings (SSSR count). The Kier molecular flexibility index (Phi) is 24.2. The number of nitrogens with zero attached hydrogens (tertiary/aromatic N) is 4. The number of carbonyl (C=O) groups excluding carboxylic acids is 9. The Balaban J connectivity index is 1.23. The van der Waals surface area contributed by atoms with Gasteiger partial charge in [0.2, 0.25) is 29.4 Å². The van der Waals surface area contributed by atoms with Crippen molar-refractivity contribution in [2.24, 2.45) is 5.41 Å². The fraction of sp³-hybridized carbons (Fsp3) is 0.397. The van der Waals surface area contributed by atoms with Crippen LogP contribution in [0.5, 0.6) is 23.0 Å². The largest absolute Gasteiger partial charge is 0.508 e. The molecule has 2 aliphatic heterocycles. The van der Waals surface area contributed by atoms with Crippen molar-refractivity contribution in [2.75, 3.05) is 68.2 Å². The van der Waals surface area contributed by atoms with E-state index in [4.69, 9.17) is 23.7 Å². The Morgan fingerprint density at radius 1 is 0.678 bits per heavy atom. The molecular formula is C68H79FN6O15. The average Bonchev–Trinajstić information content (AvgIpc) is 2.26. The summed E-state index contributed by atoms with van der Waals surface area (Å²) in [5.41, 5.74) is 0.873. The molecule has 0 unspecified atom stereocenters. The topological polar surface area (TPSA) is 257 Å². The normalized spacial score (nSPS) is 21.4. The number of amides is 6. The lowest BCUT2D eigenvalue weighted by molar-refractivity contribution is -0.165. The minimum Gasteiger partial charge on any atom is -0.508 e. The zero-order valence-corrected chi connectivity index (χ0v) is 51.8. The molecule has 0 radical (unpaired) electrons. The minimum atomic E-state index is -1.57. The molecule has 0 spiro atoms. The van der Waals surface area contributed by atoms with E-state index in [-0.39, 0.29) is 69.3 Å². The second kappa shape index (κ2) is 32.0. The molecule has 478 valence electrons. The van der Waals surface area contributed by atoms with Gasteiger partial charge in [0.1, 0.15) is 42.6 Å². The lowest BCUT2D eigenvalue weighted by atomic mass is 9.87. The molecule has 90 heavy (non-hydrogen) atoms. The number of hydrogen-bond acceptors (Lipinski definition) is 15. The van der Waals surface area contributed by atoms with Gasteiger partial charge in [0.25, 0.3) is 11.8 Å². The van der Waals surface area contributed by atoms with Gasteiger partial charge >= 0.3 is 11.9 Å². The van der Waals surface area contributed by atoms with Crippen molar-refractivity contribution >= 4 is 53.2 Å². The van der Waals surface area contributed by atoms with E-state index < -0.39 is 120 Å². The van der Waals surface area contributed by atoms with E-state index in [1.807, 2.05) is 0 Å². The van der Waals surface area contributed by atoms with Crippen LogP contribution in [0.1, 0.15) is 79.9 Å². The highest BCUT2D eigenvalue weighted by Gasteiger charge is 2.43. The second-order valence-corrected chi connectivity index (χ2v) is 23.0. The minimum absolute atomic E-state index is 0.0108. The van der Waals surface area contributed by atoms with E-state index in [0.29, 0.717) is 41.0 Å². The van der Waals surface area contributed by atoms with Gasteiger partial charge in [0.15, 0.2) is 29.7 Å². The third kappa shape index (κ3) is 18.5. The first-order valence-corrected chi connectivity index (χ1v) is 29.8. The number of fused-ring (bicyclic) bond motifs is 3. The van der Waals surface area contributed by atoms with Crippen molar-refractivity contribution in [2.45, 2.75) is 102 Å². The summed E-state index contributed by atoms with van der Waals surface area (Å²) in [7, 11) is 7.21. The van der Waals surface area contributed by atoms with Crippen molar-refractivity contribution in [1.29, 1.82) is 0 Å². The Labute approximate surface area is 523 Å². The summed E-state index contributed by atoms with van der Waals surface area (Å²) >= 11 is 0. The quantitative estimate of drug-likeness (QED) is 0.100. The van der Waals surface area contributed by atoms with Gasteiger partial charge in [-0.25, -0.2) is 14.0 Å². The zero-order chi connectivity index (χ0) is 65.1. The van der Waals surface area contributed by atoms with Gasteiger partial charge in [-0.1, -0.05) is 97.1 Å². The predicted octanol–water partition coefficient (Wildman–Crippen LogP) is 6.07. The van der Waals surface area contributed by atoms with Crippen LogP contribution in [0, 0.1) is 11.2 Å². The van der Waals surface area contributed by atoms with Crippen molar-refractivity contribution in [3.8, 4) is 23.0 Å². The van der Waals surface area contributed by atoms with Crippen LogP contribution < -0.4 is 24.8 Å². The molecule has 21 nitrogen and oxygen atoms in total. The smallest absolute Gasteiger partial charge is 0.330 e. The molecule has 1 fully saturated rings. The molecule has 6 amide bonds. The number of nitrogens with one attached hydrogen (secondary N) is 2. The number of aryl methyl sites for hydroxylation is 1. The average molecular weight is 1240 g/mol. The van der Waals surface area contributed by atoms with Crippen LogP contribution in [-0.4, -0.2) is 170 Å². The van der Waals surface area contributed by atoms with Crippen LogP contribution in [0.25, 0.3) is 0 Å². The standard InChI is InChI=1S/C68H79FN6O15/c1-68(2)43-89-60(79)26-15-16-35-72(3)64(82)50(37-44-19-10-8-11-20-44)70-58(77)41-73(4)65(83)51(38-45-21-12-9-13-22-45)71-63(81)53(39-46-27-31-48(76)32-28-46)74(5)59(78)42-88-56-25-18-23-49(61(56)69)54(33-29-47-30-34-55(86-6)57(40-47)87-7)90-67(85)52-24-14-17-36-75(52)66(84)62(68)80/h8-13,15,18-23,25-28,30-32,34,40,50-54,76H,14,16-17,24,29,33,35-39,41-43H2,1-7H3,(H,70,77)(H,71,81)/b26-15+/t50-,51-,52+,53+,54-/m1/s1. The summed E-state index contributed by atoms with van der Waals surface area (Å²) < 4.78 is 45.7. The lowest BCUT2D eigenvalue weighted by Gasteiger charge is -2.36. The Bertz CT molecular complexity index is 3380. The molecule has 5 aromatic carbocycles. The maximum absolute atomic E-state index is 17.2. The number of ketones is 1. The molecule has 22 heteroatoms. The number of esters is 2. The fourth-order valence-corrected chi connectivity index (χ4v) is 10.6. The van der Waals surface area contributed by atoms with Crippen molar-refractivity contribution in [1.82, 2.24) is 30.2 Å². The van der Waals surface area contributed by atoms with Gasteiger partial charge in [-0.3, -0.25) is 33.6 Å². The van der Waals surface area contributed by atoms with Crippen LogP contribution >= 0.6 is 0 Å². The summed E-state index contributed by atoms with van der Waals surface area (Å²) in [5, 5.41) is 15.8. The summed E-state index contributed by atoms with van der Waals surface area (Å²) in [4.78, 5) is 133. The molecule has 0 saturated carbocycles. The first-order chi connectivity index (χ1) is 43.1. The van der Waals surface area contributed by atoms with Crippen LogP contribution in [0.15, 0.2) is 133 Å². The SMILES string of the molecule is COc1ccc(CC[C@H]2OC(=O)[C@@H]3CCCCN3C(=O)C(=O)C(C)(C)COC(=O)/C=C/CCN(C)C(=O)[C@@H](Cc3ccccc3)NC(=O)CN(C)C(=O)[C@@H](Cc3ccccc3)NC(=O)[C@H](Cc3ccc(O)cc3)N(C)C(=O)COc3cccc2c3F)cc1OC. The highest BCUT2D eigenvalue weighted by atomic mass is 19.1. The van der Waals surface area contributed by atoms with Gasteiger partial charge in [-0.15, -0.1) is 0 Å². The van der Waals surface area contributed by atoms with Gasteiger partial charge in [0.05, 0.1) is 26.2 Å². The second-order valence-electron chi connectivity index (χ2n) is 23.0. The lowest BCUT2D eigenvalue weighted by Crippen LogP contribution is -2.57. The van der Waals surface area contributed by atoms with Crippen LogP contribution in [0.4, 0.5) is 4.39 Å². The number of Topliss-reactive ketones (excluding diaryl/α,β-unsaturated/α-hetero) is 1. The first-order valence-electron chi connectivity index (χ1n) is 29.8. The summed E-state index contributed by atoms with van der Waals surface area (Å²) in [5.74, 6) is -7.73. The number of halogens is 1. The number of cyclic esters (lactones) is 2. The number of carbonyl (C=O) groups is 9. The number of piperidine rings is 1. The Morgan fingerprint density at radius 3 is 1.96 bits per heavy atom. The molecule has 0 aliphatic carbocycles. The first kappa shape index (κ1) is 67.9. The van der Waals surface area contributed by atoms with E-state index in [2.05, 4.69) is 10.6 Å². The number of likely N-dealkylation sites (N-methyl/N-ethyl adjacent to an activating group) is 3. The number of benzene rings is 5. The monoisotopic (exact) mass is 1240 g/mol. The van der Waals surface area contributed by atoms with Crippen molar-refractivity contribution < 1.29 is 76.3 Å². The number of methoxy groups -OCH3 is 2. The molecular weight excluding hydrogens is 1160 g/mol. The molecule has 2 aliphatic rings. The molecule has 2 bridgehead atoms. The highest BCUT2D eigenvalue weighted by Crippen LogP contribution is 2.35. The molecule has 1 saturated heterocycles. The third-order valence-electron chi connectivity index (χ3n) is 15.9. The third-order valence-corrected chi connectivity index (χ3v) is 15.9. The maximum Gasteiger partial charge on any atom is 0.330 e. The maximum atomic E-state index is 17.2. The van der Waals surface area contributed by atoms with Crippen LogP contribution in [0.3, 0.4) is 0 Å². The molecule has 0 aromatic heterocycles. The van der Waals surface area contributed by atoms with E-state index in [9.17, 15) is 48.3 Å².